The van der Waals surface area contributed by atoms with Gasteiger partial charge < -0.3 is 0 Å². The van der Waals surface area contributed by atoms with Crippen LogP contribution in [0.2, 0.25) is 0 Å². The van der Waals surface area contributed by atoms with Gasteiger partial charge in [0.2, 0.25) is 0 Å². The largest absolute Gasteiger partial charge is 0.269 e. The molecular formula is C10H8N2OS. The number of hydrogen-bond acceptors (Lipinski definition) is 3. The number of aromatic nitrogens is 2. The first-order valence-electron chi connectivity index (χ1n) is 4.09. The summed E-state index contributed by atoms with van der Waals surface area (Å²) >= 11 is 4.20. The SMILES string of the molecule is O=c1ccncn1-c1cccc(S)c1. The minimum absolute atomic E-state index is 0.0982. The quantitative estimate of drug-likeness (QED) is 0.715. The first kappa shape index (κ1) is 9.02. The fourth-order valence-corrected chi connectivity index (χ4v) is 1.40. The van der Waals surface area contributed by atoms with Crippen LogP contribution < -0.4 is 5.56 Å². The summed E-state index contributed by atoms with van der Waals surface area (Å²) in [5.74, 6) is 0. The third kappa shape index (κ3) is 1.70. The molecule has 70 valence electrons. The van der Waals surface area contributed by atoms with Crippen molar-refractivity contribution in [3.05, 3.63) is 53.2 Å². The van der Waals surface area contributed by atoms with E-state index in [1.807, 2.05) is 24.3 Å². The molecule has 0 aliphatic rings. The van der Waals surface area contributed by atoms with Crippen LogP contribution in [0.3, 0.4) is 0 Å². The zero-order valence-electron chi connectivity index (χ0n) is 7.29. The Morgan fingerprint density at radius 2 is 2.14 bits per heavy atom. The fourth-order valence-electron chi connectivity index (χ4n) is 1.19. The molecule has 0 N–H and O–H groups in total. The van der Waals surface area contributed by atoms with Gasteiger partial charge in [-0.15, -0.1) is 12.6 Å². The molecule has 0 atom stereocenters. The molecule has 0 aliphatic heterocycles. The normalized spacial score (nSPS) is 10.1. The molecule has 0 amide bonds. The summed E-state index contributed by atoms with van der Waals surface area (Å²) in [6, 6.07) is 8.77. The Balaban J connectivity index is 2.61. The van der Waals surface area contributed by atoms with Crippen molar-refractivity contribution in [3.8, 4) is 5.69 Å². The van der Waals surface area contributed by atoms with Gasteiger partial charge in [-0.05, 0) is 18.2 Å². The molecule has 0 radical (unpaired) electrons. The van der Waals surface area contributed by atoms with Crippen LogP contribution in [0.1, 0.15) is 0 Å². The second-order valence-electron chi connectivity index (χ2n) is 2.81. The average Bonchev–Trinajstić information content (AvgIpc) is 2.18. The van der Waals surface area contributed by atoms with Crippen LogP contribution in [0.25, 0.3) is 5.69 Å². The molecule has 14 heavy (non-hydrogen) atoms. The minimum atomic E-state index is -0.0982. The van der Waals surface area contributed by atoms with Crippen molar-refractivity contribution < 1.29 is 0 Å². The van der Waals surface area contributed by atoms with Crippen molar-refractivity contribution in [2.24, 2.45) is 0 Å². The third-order valence-electron chi connectivity index (χ3n) is 1.83. The van der Waals surface area contributed by atoms with E-state index in [9.17, 15) is 4.79 Å². The molecule has 0 saturated heterocycles. The van der Waals surface area contributed by atoms with Gasteiger partial charge in [-0.25, -0.2) is 4.98 Å². The van der Waals surface area contributed by atoms with E-state index in [0.29, 0.717) is 0 Å². The Labute approximate surface area is 86.5 Å². The van der Waals surface area contributed by atoms with Gasteiger partial charge >= 0.3 is 0 Å². The second kappa shape index (κ2) is 3.67. The molecule has 0 bridgehead atoms. The molecule has 0 saturated carbocycles. The molecule has 0 aliphatic carbocycles. The summed E-state index contributed by atoms with van der Waals surface area (Å²) in [6.45, 7) is 0. The Morgan fingerprint density at radius 3 is 2.86 bits per heavy atom. The number of benzene rings is 1. The van der Waals surface area contributed by atoms with Gasteiger partial charge in [0.1, 0.15) is 6.33 Å². The fraction of sp³-hybridized carbons (Fsp3) is 0. The van der Waals surface area contributed by atoms with Gasteiger partial charge in [-0.2, -0.15) is 0 Å². The summed E-state index contributed by atoms with van der Waals surface area (Å²) in [4.78, 5) is 16.1. The highest BCUT2D eigenvalue weighted by Crippen LogP contribution is 2.10. The Hall–Kier alpha value is -1.55. The molecule has 0 unspecified atom stereocenters. The maximum atomic E-state index is 11.4. The molecule has 4 heteroatoms. The van der Waals surface area contributed by atoms with E-state index in [1.54, 1.807) is 0 Å². The summed E-state index contributed by atoms with van der Waals surface area (Å²) in [6.07, 6.45) is 2.97. The molecule has 2 rings (SSSR count). The van der Waals surface area contributed by atoms with Crippen LogP contribution in [0.15, 0.2) is 52.5 Å². The van der Waals surface area contributed by atoms with Crippen molar-refractivity contribution >= 4 is 12.6 Å². The lowest BCUT2D eigenvalue weighted by Crippen LogP contribution is -2.16. The number of thiol groups is 1. The molecule has 1 aromatic heterocycles. The first-order chi connectivity index (χ1) is 6.77. The van der Waals surface area contributed by atoms with Crippen molar-refractivity contribution in [1.29, 1.82) is 0 Å². The standard InChI is InChI=1S/C10H8N2OS/c13-10-4-5-11-7-12(10)8-2-1-3-9(14)6-8/h1-7,14H. The first-order valence-corrected chi connectivity index (χ1v) is 4.54. The van der Waals surface area contributed by atoms with Crippen LogP contribution in [-0.2, 0) is 0 Å². The van der Waals surface area contributed by atoms with E-state index in [1.165, 1.54) is 23.2 Å². The average molecular weight is 204 g/mol. The molecule has 3 nitrogen and oxygen atoms in total. The lowest BCUT2D eigenvalue weighted by molar-refractivity contribution is 0.932. The van der Waals surface area contributed by atoms with Crippen molar-refractivity contribution in [1.82, 2.24) is 9.55 Å². The predicted molar refractivity (Wildman–Crippen MR) is 57.1 cm³/mol. The molecule has 0 spiro atoms. The monoisotopic (exact) mass is 204 g/mol. The number of rotatable bonds is 1. The van der Waals surface area contributed by atoms with Gasteiger partial charge in [-0.3, -0.25) is 9.36 Å². The van der Waals surface area contributed by atoms with Gasteiger partial charge in [0.25, 0.3) is 5.56 Å². The van der Waals surface area contributed by atoms with Crippen molar-refractivity contribution in [2.45, 2.75) is 4.90 Å². The molecule has 1 heterocycles. The third-order valence-corrected chi connectivity index (χ3v) is 2.11. The maximum absolute atomic E-state index is 11.4. The van der Waals surface area contributed by atoms with Crippen molar-refractivity contribution in [2.75, 3.05) is 0 Å². The van der Waals surface area contributed by atoms with E-state index in [-0.39, 0.29) is 5.56 Å². The Kier molecular flexibility index (Phi) is 2.37. The predicted octanol–water partition coefficient (Wildman–Crippen LogP) is 1.52. The minimum Gasteiger partial charge on any atom is -0.269 e. The lowest BCUT2D eigenvalue weighted by atomic mass is 10.3. The number of hydrogen-bond donors (Lipinski definition) is 1. The Morgan fingerprint density at radius 1 is 1.29 bits per heavy atom. The van der Waals surface area contributed by atoms with Crippen LogP contribution in [0, 0.1) is 0 Å². The van der Waals surface area contributed by atoms with E-state index < -0.39 is 0 Å². The summed E-state index contributed by atoms with van der Waals surface area (Å²) in [7, 11) is 0. The van der Waals surface area contributed by atoms with E-state index in [4.69, 9.17) is 0 Å². The van der Waals surface area contributed by atoms with Crippen LogP contribution in [0.5, 0.6) is 0 Å². The van der Waals surface area contributed by atoms with Gasteiger partial charge in [0.15, 0.2) is 0 Å². The zero-order valence-corrected chi connectivity index (χ0v) is 8.19. The summed E-state index contributed by atoms with van der Waals surface area (Å²) < 4.78 is 1.47. The highest BCUT2D eigenvalue weighted by atomic mass is 32.1. The van der Waals surface area contributed by atoms with Crippen LogP contribution in [0.4, 0.5) is 0 Å². The van der Waals surface area contributed by atoms with Crippen molar-refractivity contribution in [3.63, 3.8) is 0 Å². The molecular weight excluding hydrogens is 196 g/mol. The lowest BCUT2D eigenvalue weighted by Gasteiger charge is -2.03. The Bertz CT molecular complexity index is 507. The second-order valence-corrected chi connectivity index (χ2v) is 3.32. The maximum Gasteiger partial charge on any atom is 0.257 e. The highest BCUT2D eigenvalue weighted by molar-refractivity contribution is 7.80. The van der Waals surface area contributed by atoms with E-state index >= 15 is 0 Å². The van der Waals surface area contributed by atoms with Gasteiger partial charge in [-0.1, -0.05) is 6.07 Å². The summed E-state index contributed by atoms with van der Waals surface area (Å²) in [5.41, 5.74) is 0.675. The number of nitrogens with zero attached hydrogens (tertiary/aromatic N) is 2. The topological polar surface area (TPSA) is 34.9 Å². The molecule has 1 aromatic carbocycles. The van der Waals surface area contributed by atoms with Gasteiger partial charge in [0, 0.05) is 17.2 Å². The van der Waals surface area contributed by atoms with Gasteiger partial charge in [0.05, 0.1) is 5.69 Å². The van der Waals surface area contributed by atoms with E-state index in [0.717, 1.165) is 10.6 Å². The summed E-state index contributed by atoms with van der Waals surface area (Å²) in [5, 5.41) is 0. The smallest absolute Gasteiger partial charge is 0.257 e. The van der Waals surface area contributed by atoms with E-state index in [2.05, 4.69) is 17.6 Å². The van der Waals surface area contributed by atoms with Crippen LogP contribution in [-0.4, -0.2) is 9.55 Å². The van der Waals surface area contributed by atoms with Crippen LogP contribution >= 0.6 is 12.6 Å². The molecule has 0 fully saturated rings. The molecule has 2 aromatic rings. The zero-order chi connectivity index (χ0) is 9.97. The highest BCUT2D eigenvalue weighted by Gasteiger charge is 1.97.